The topological polar surface area (TPSA) is 96.0 Å². The molecule has 0 aliphatic heterocycles. The van der Waals surface area contributed by atoms with E-state index in [-0.39, 0.29) is 17.8 Å². The minimum Gasteiger partial charge on any atom is -0.465 e. The molecule has 21 heavy (non-hydrogen) atoms. The summed E-state index contributed by atoms with van der Waals surface area (Å²) in [6.07, 6.45) is 2.68. The third-order valence-corrected chi connectivity index (χ3v) is 2.72. The summed E-state index contributed by atoms with van der Waals surface area (Å²) in [5.74, 6) is -0.625. The Morgan fingerprint density at radius 2 is 1.95 bits per heavy atom. The molecule has 0 N–H and O–H groups in total. The number of carbonyl (C=O) groups is 2. The first kappa shape index (κ1) is 14.3. The standard InChI is InChI=1S/C15H11N3O3/c16-18-17-15(20)12(9-13-7-4-8-21-13)10-14(19)11-5-2-1-3-6-11/h1-9H,10H2. The van der Waals surface area contributed by atoms with E-state index in [4.69, 9.17) is 9.95 Å². The zero-order valence-electron chi connectivity index (χ0n) is 11.0. The van der Waals surface area contributed by atoms with E-state index in [1.807, 2.05) is 0 Å². The van der Waals surface area contributed by atoms with Crippen molar-refractivity contribution in [2.24, 2.45) is 5.11 Å². The number of hydrogen-bond donors (Lipinski definition) is 0. The molecule has 1 aromatic heterocycles. The van der Waals surface area contributed by atoms with E-state index in [2.05, 4.69) is 10.0 Å². The molecule has 0 radical (unpaired) electrons. The Morgan fingerprint density at radius 3 is 2.57 bits per heavy atom. The highest BCUT2D eigenvalue weighted by Crippen LogP contribution is 2.15. The lowest BCUT2D eigenvalue weighted by atomic mass is 10.0. The molecule has 0 aliphatic rings. The molecule has 0 aliphatic carbocycles. The maximum Gasteiger partial charge on any atom is 0.245 e. The third kappa shape index (κ3) is 3.92. The highest BCUT2D eigenvalue weighted by molar-refractivity contribution is 6.07. The van der Waals surface area contributed by atoms with Crippen LogP contribution >= 0.6 is 0 Å². The monoisotopic (exact) mass is 281 g/mol. The van der Waals surface area contributed by atoms with Crippen molar-refractivity contribution >= 4 is 17.8 Å². The van der Waals surface area contributed by atoms with Crippen LogP contribution in [0.15, 0.2) is 63.8 Å². The molecule has 0 fully saturated rings. The minimum atomic E-state index is -0.793. The van der Waals surface area contributed by atoms with Crippen LogP contribution in [0.25, 0.3) is 16.5 Å². The van der Waals surface area contributed by atoms with Crippen molar-refractivity contribution in [1.82, 2.24) is 0 Å². The Labute approximate surface area is 120 Å². The van der Waals surface area contributed by atoms with Gasteiger partial charge in [-0.2, -0.15) is 0 Å². The smallest absolute Gasteiger partial charge is 0.245 e. The number of nitrogens with zero attached hydrogens (tertiary/aromatic N) is 3. The molecule has 2 rings (SSSR count). The normalized spacial score (nSPS) is 10.8. The quantitative estimate of drug-likeness (QED) is 0.274. The first-order chi connectivity index (χ1) is 10.2. The van der Waals surface area contributed by atoms with Gasteiger partial charge in [0.1, 0.15) is 5.76 Å². The van der Waals surface area contributed by atoms with Gasteiger partial charge in [0, 0.05) is 22.5 Å². The number of azide groups is 1. The summed E-state index contributed by atoms with van der Waals surface area (Å²) in [7, 11) is 0. The molecule has 1 aromatic carbocycles. The van der Waals surface area contributed by atoms with Gasteiger partial charge in [-0.15, -0.1) is 0 Å². The van der Waals surface area contributed by atoms with Gasteiger partial charge in [-0.3, -0.25) is 9.59 Å². The van der Waals surface area contributed by atoms with Crippen LogP contribution in [0.3, 0.4) is 0 Å². The van der Waals surface area contributed by atoms with Gasteiger partial charge in [0.2, 0.25) is 5.91 Å². The zero-order valence-corrected chi connectivity index (χ0v) is 11.0. The number of ketones is 1. The molecule has 2 aromatic rings. The lowest BCUT2D eigenvalue weighted by Gasteiger charge is -2.03. The molecular formula is C15H11N3O3. The molecular weight excluding hydrogens is 270 g/mol. The number of furan rings is 1. The van der Waals surface area contributed by atoms with Crippen molar-refractivity contribution in [3.8, 4) is 0 Å². The van der Waals surface area contributed by atoms with E-state index >= 15 is 0 Å². The average Bonchev–Trinajstić information content (AvgIpc) is 3.00. The van der Waals surface area contributed by atoms with Crippen molar-refractivity contribution in [2.45, 2.75) is 6.42 Å². The molecule has 1 amide bonds. The maximum atomic E-state index is 12.1. The fraction of sp³-hybridized carbons (Fsp3) is 0.0667. The number of Topliss-reactive ketones (excluding diaryl/α,β-unsaturated/α-hetero) is 1. The Kier molecular flexibility index (Phi) is 4.69. The van der Waals surface area contributed by atoms with Gasteiger partial charge in [0.15, 0.2) is 5.78 Å². The highest BCUT2D eigenvalue weighted by Gasteiger charge is 2.15. The highest BCUT2D eigenvalue weighted by atomic mass is 16.3. The Hall–Kier alpha value is -3.11. The van der Waals surface area contributed by atoms with Crippen LogP contribution in [0.1, 0.15) is 22.5 Å². The van der Waals surface area contributed by atoms with Crippen LogP contribution in [-0.4, -0.2) is 11.7 Å². The fourth-order valence-electron chi connectivity index (χ4n) is 1.74. The molecule has 0 saturated carbocycles. The summed E-state index contributed by atoms with van der Waals surface area (Å²) in [6, 6.07) is 11.9. The van der Waals surface area contributed by atoms with Gasteiger partial charge in [-0.1, -0.05) is 30.3 Å². The van der Waals surface area contributed by atoms with E-state index in [0.29, 0.717) is 11.3 Å². The largest absolute Gasteiger partial charge is 0.465 e. The van der Waals surface area contributed by atoms with Gasteiger partial charge in [-0.25, -0.2) is 0 Å². The van der Waals surface area contributed by atoms with Crippen molar-refractivity contribution < 1.29 is 14.0 Å². The van der Waals surface area contributed by atoms with Crippen LogP contribution in [0, 0.1) is 0 Å². The summed E-state index contributed by atoms with van der Waals surface area (Å²) in [6.45, 7) is 0. The van der Waals surface area contributed by atoms with Crippen LogP contribution in [0.5, 0.6) is 0 Å². The van der Waals surface area contributed by atoms with Crippen LogP contribution < -0.4 is 0 Å². The second kappa shape index (κ2) is 6.88. The van der Waals surface area contributed by atoms with Crippen LogP contribution in [0.2, 0.25) is 0 Å². The van der Waals surface area contributed by atoms with Crippen molar-refractivity contribution in [3.63, 3.8) is 0 Å². The van der Waals surface area contributed by atoms with Gasteiger partial charge in [0.05, 0.1) is 6.26 Å². The number of amides is 1. The molecule has 104 valence electrons. The molecule has 0 unspecified atom stereocenters. The van der Waals surface area contributed by atoms with Crippen molar-refractivity contribution in [3.05, 3.63) is 76.1 Å². The van der Waals surface area contributed by atoms with E-state index in [1.165, 1.54) is 12.3 Å². The van der Waals surface area contributed by atoms with E-state index in [9.17, 15) is 9.59 Å². The molecule has 0 bridgehead atoms. The predicted molar refractivity (Wildman–Crippen MR) is 76.2 cm³/mol. The first-order valence-electron chi connectivity index (χ1n) is 6.12. The van der Waals surface area contributed by atoms with Crippen molar-refractivity contribution in [2.75, 3.05) is 0 Å². The second-order valence-corrected chi connectivity index (χ2v) is 4.15. The van der Waals surface area contributed by atoms with Crippen molar-refractivity contribution in [1.29, 1.82) is 0 Å². The molecule has 0 saturated heterocycles. The van der Waals surface area contributed by atoms with E-state index in [1.54, 1.807) is 42.5 Å². The van der Waals surface area contributed by atoms with Crippen LogP contribution in [0.4, 0.5) is 0 Å². The minimum absolute atomic E-state index is 0.0802. The molecule has 0 atom stereocenters. The summed E-state index contributed by atoms with van der Waals surface area (Å²) in [5, 5.41) is 3.03. The van der Waals surface area contributed by atoms with Gasteiger partial charge < -0.3 is 4.42 Å². The fourth-order valence-corrected chi connectivity index (χ4v) is 1.74. The summed E-state index contributed by atoms with van der Waals surface area (Å²) in [5.41, 5.74) is 8.93. The molecule has 1 heterocycles. The summed E-state index contributed by atoms with van der Waals surface area (Å²) >= 11 is 0. The summed E-state index contributed by atoms with van der Waals surface area (Å²) < 4.78 is 5.10. The predicted octanol–water partition coefficient (Wildman–Crippen LogP) is 3.77. The van der Waals surface area contributed by atoms with Gasteiger partial charge in [0.25, 0.3) is 0 Å². The van der Waals surface area contributed by atoms with E-state index < -0.39 is 5.91 Å². The number of carbonyl (C=O) groups excluding carboxylic acids is 2. The van der Waals surface area contributed by atoms with Crippen LogP contribution in [-0.2, 0) is 4.79 Å². The average molecular weight is 281 g/mol. The molecule has 0 spiro atoms. The molecule has 6 nitrogen and oxygen atoms in total. The zero-order chi connectivity index (χ0) is 15.1. The second-order valence-electron chi connectivity index (χ2n) is 4.15. The SMILES string of the molecule is [N-]=[N+]=NC(=O)C(=Cc1ccco1)CC(=O)c1ccccc1. The Morgan fingerprint density at radius 1 is 1.19 bits per heavy atom. The number of rotatable bonds is 5. The Bertz CT molecular complexity index is 712. The van der Waals surface area contributed by atoms with Gasteiger partial charge in [-0.05, 0) is 28.9 Å². The molecule has 6 heteroatoms. The third-order valence-electron chi connectivity index (χ3n) is 2.72. The maximum absolute atomic E-state index is 12.1. The number of benzene rings is 1. The lowest BCUT2D eigenvalue weighted by Crippen LogP contribution is -2.06. The number of hydrogen-bond acceptors (Lipinski definition) is 3. The Balaban J connectivity index is 2.26. The van der Waals surface area contributed by atoms with Gasteiger partial charge >= 0.3 is 0 Å². The van der Waals surface area contributed by atoms with E-state index in [0.717, 1.165) is 0 Å². The first-order valence-corrected chi connectivity index (χ1v) is 6.12. The lowest BCUT2D eigenvalue weighted by molar-refractivity contribution is -0.114. The summed E-state index contributed by atoms with van der Waals surface area (Å²) in [4.78, 5) is 26.3.